The van der Waals surface area contributed by atoms with Gasteiger partial charge in [0.1, 0.15) is 11.3 Å². The van der Waals surface area contributed by atoms with Crippen molar-refractivity contribution < 1.29 is 22.4 Å². The molecule has 0 saturated carbocycles. The van der Waals surface area contributed by atoms with Gasteiger partial charge in [-0.3, -0.25) is 4.79 Å². The predicted molar refractivity (Wildman–Crippen MR) is 119 cm³/mol. The zero-order chi connectivity index (χ0) is 22.0. The van der Waals surface area contributed by atoms with E-state index in [4.69, 9.17) is 9.15 Å². The lowest BCUT2D eigenvalue weighted by Gasteiger charge is -2.21. The van der Waals surface area contributed by atoms with E-state index in [9.17, 15) is 13.2 Å². The van der Waals surface area contributed by atoms with E-state index < -0.39 is 15.9 Å². The fraction of sp³-hybridized carbons (Fsp3) is 0.348. The zero-order valence-electron chi connectivity index (χ0n) is 17.7. The highest BCUT2D eigenvalue weighted by Crippen LogP contribution is 2.31. The minimum Gasteiger partial charge on any atom is -0.495 e. The van der Waals surface area contributed by atoms with E-state index in [-0.39, 0.29) is 16.3 Å². The molecule has 8 heteroatoms. The van der Waals surface area contributed by atoms with Gasteiger partial charge in [0.2, 0.25) is 10.0 Å². The molecule has 164 valence electrons. The molecule has 2 heterocycles. The lowest BCUT2D eigenvalue weighted by molar-refractivity contribution is 0.0997. The summed E-state index contributed by atoms with van der Waals surface area (Å²) in [4.78, 5) is 13.1. The van der Waals surface area contributed by atoms with Crippen molar-refractivity contribution in [3.63, 3.8) is 0 Å². The molecule has 1 saturated heterocycles. The Bertz CT molecular complexity index is 1210. The van der Waals surface area contributed by atoms with Gasteiger partial charge in [-0.15, -0.1) is 0 Å². The Kier molecular flexibility index (Phi) is 6.02. The number of carbonyl (C=O) groups is 1. The lowest BCUT2D eigenvalue weighted by atomic mass is 10.1. The first kappa shape index (κ1) is 21.4. The van der Waals surface area contributed by atoms with Crippen LogP contribution in [0.2, 0.25) is 0 Å². The third kappa shape index (κ3) is 4.18. The van der Waals surface area contributed by atoms with Crippen LogP contribution in [0.25, 0.3) is 11.0 Å². The number of aryl methyl sites for hydroxylation is 1. The number of nitrogens with zero attached hydrogens (tertiary/aromatic N) is 1. The first-order chi connectivity index (χ1) is 14.9. The quantitative estimate of drug-likeness (QED) is 0.625. The second-order valence-corrected chi connectivity index (χ2v) is 9.62. The Morgan fingerprint density at radius 3 is 2.45 bits per heavy atom. The molecular weight excluding hydrogens is 416 g/mol. The Balaban J connectivity index is 1.66. The molecule has 0 bridgehead atoms. The van der Waals surface area contributed by atoms with E-state index in [1.807, 2.05) is 25.1 Å². The van der Waals surface area contributed by atoms with E-state index in [0.29, 0.717) is 24.4 Å². The highest BCUT2D eigenvalue weighted by atomic mass is 32.2. The van der Waals surface area contributed by atoms with Crippen molar-refractivity contribution in [3.05, 3.63) is 53.8 Å². The molecular formula is C23H26N2O5S. The fourth-order valence-corrected chi connectivity index (χ4v) is 5.49. The molecule has 2 aromatic carbocycles. The number of methoxy groups -OCH3 is 1. The summed E-state index contributed by atoms with van der Waals surface area (Å²) >= 11 is 0. The summed E-state index contributed by atoms with van der Waals surface area (Å²) in [5, 5.41) is 3.63. The number of sulfonamides is 1. The van der Waals surface area contributed by atoms with Crippen molar-refractivity contribution in [2.45, 2.75) is 37.5 Å². The topological polar surface area (TPSA) is 88.9 Å². The van der Waals surface area contributed by atoms with Gasteiger partial charge in [-0.05, 0) is 44.0 Å². The van der Waals surface area contributed by atoms with Crippen molar-refractivity contribution in [1.29, 1.82) is 0 Å². The maximum atomic E-state index is 13.2. The highest BCUT2D eigenvalue weighted by molar-refractivity contribution is 7.89. The third-order valence-electron chi connectivity index (χ3n) is 5.67. The van der Waals surface area contributed by atoms with Crippen LogP contribution in [0.3, 0.4) is 0 Å². The molecule has 0 unspecified atom stereocenters. The minimum atomic E-state index is -3.66. The van der Waals surface area contributed by atoms with Gasteiger partial charge < -0.3 is 14.5 Å². The van der Waals surface area contributed by atoms with Crippen LogP contribution in [-0.2, 0) is 10.0 Å². The molecule has 4 rings (SSSR count). The van der Waals surface area contributed by atoms with Crippen LogP contribution >= 0.6 is 0 Å². The van der Waals surface area contributed by atoms with Gasteiger partial charge >= 0.3 is 0 Å². The molecule has 0 aliphatic carbocycles. The summed E-state index contributed by atoms with van der Waals surface area (Å²) in [6, 6.07) is 11.9. The van der Waals surface area contributed by atoms with Crippen molar-refractivity contribution in [2.75, 3.05) is 25.5 Å². The number of carbonyl (C=O) groups excluding carboxylic acids is 1. The van der Waals surface area contributed by atoms with Gasteiger partial charge in [-0.25, -0.2) is 8.42 Å². The number of benzene rings is 2. The van der Waals surface area contributed by atoms with Crippen LogP contribution in [0.5, 0.6) is 5.75 Å². The first-order valence-corrected chi connectivity index (χ1v) is 11.8. The molecule has 1 aliphatic rings. The normalized spacial score (nSPS) is 15.5. The number of hydrogen-bond donors (Lipinski definition) is 1. The van der Waals surface area contributed by atoms with Crippen LogP contribution in [0.15, 0.2) is 51.8 Å². The number of amides is 1. The SMILES string of the molecule is COc1ccc(S(=O)(=O)N2CCCCCC2)cc1NC(=O)c1oc2ccccc2c1C. The average Bonchev–Trinajstić information content (AvgIpc) is 2.94. The molecule has 1 aliphatic heterocycles. The lowest BCUT2D eigenvalue weighted by Crippen LogP contribution is -2.32. The van der Waals surface area contributed by atoms with E-state index in [2.05, 4.69) is 5.32 Å². The Labute approximate surface area is 182 Å². The van der Waals surface area contributed by atoms with Crippen molar-refractivity contribution in [3.8, 4) is 5.75 Å². The molecule has 1 aromatic heterocycles. The van der Waals surface area contributed by atoms with Crippen LogP contribution in [-0.4, -0.2) is 38.8 Å². The maximum absolute atomic E-state index is 13.2. The van der Waals surface area contributed by atoms with E-state index in [1.165, 1.54) is 23.5 Å². The van der Waals surface area contributed by atoms with Crippen LogP contribution < -0.4 is 10.1 Å². The van der Waals surface area contributed by atoms with Crippen LogP contribution in [0, 0.1) is 6.92 Å². The van der Waals surface area contributed by atoms with Crippen molar-refractivity contribution >= 4 is 32.6 Å². The van der Waals surface area contributed by atoms with E-state index in [0.717, 1.165) is 36.6 Å². The molecule has 1 fully saturated rings. The van der Waals surface area contributed by atoms with Crippen LogP contribution in [0.1, 0.15) is 41.8 Å². The first-order valence-electron chi connectivity index (χ1n) is 10.4. The number of furan rings is 1. The molecule has 0 spiro atoms. The predicted octanol–water partition coefficient (Wildman–Crippen LogP) is 4.57. The fourth-order valence-electron chi connectivity index (χ4n) is 3.95. The number of anilines is 1. The average molecular weight is 443 g/mol. The van der Waals surface area contributed by atoms with Gasteiger partial charge in [-0.2, -0.15) is 4.31 Å². The number of para-hydroxylation sites is 1. The van der Waals surface area contributed by atoms with Gasteiger partial charge in [0.25, 0.3) is 5.91 Å². The van der Waals surface area contributed by atoms with Crippen molar-refractivity contribution in [2.24, 2.45) is 0 Å². The number of ether oxygens (including phenoxy) is 1. The zero-order valence-corrected chi connectivity index (χ0v) is 18.5. The van der Waals surface area contributed by atoms with E-state index >= 15 is 0 Å². The second-order valence-electron chi connectivity index (χ2n) is 7.69. The monoisotopic (exact) mass is 442 g/mol. The van der Waals surface area contributed by atoms with Gasteiger partial charge in [0.15, 0.2) is 5.76 Å². The van der Waals surface area contributed by atoms with Crippen LogP contribution in [0.4, 0.5) is 5.69 Å². The number of hydrogen-bond acceptors (Lipinski definition) is 5. The van der Waals surface area contributed by atoms with Crippen molar-refractivity contribution in [1.82, 2.24) is 4.31 Å². The third-order valence-corrected chi connectivity index (χ3v) is 7.57. The maximum Gasteiger partial charge on any atom is 0.291 e. The summed E-state index contributed by atoms with van der Waals surface area (Å²) in [5.74, 6) is 0.0947. The molecule has 3 aromatic rings. The Hall–Kier alpha value is -2.84. The minimum absolute atomic E-state index is 0.131. The number of fused-ring (bicyclic) bond motifs is 1. The smallest absolute Gasteiger partial charge is 0.291 e. The summed E-state index contributed by atoms with van der Waals surface area (Å²) < 4.78 is 39.0. The van der Waals surface area contributed by atoms with Gasteiger partial charge in [0, 0.05) is 24.0 Å². The Morgan fingerprint density at radius 1 is 1.06 bits per heavy atom. The standard InChI is InChI=1S/C23H26N2O5S/c1-16-18-9-5-6-10-20(18)30-22(16)23(26)24-19-15-17(11-12-21(19)29-2)31(27,28)25-13-7-3-4-8-14-25/h5-6,9-12,15H,3-4,7-8,13-14H2,1-2H3,(H,24,26). The molecule has 0 atom stereocenters. The molecule has 1 amide bonds. The summed E-state index contributed by atoms with van der Waals surface area (Å²) in [5.41, 5.74) is 1.62. The largest absolute Gasteiger partial charge is 0.495 e. The molecule has 31 heavy (non-hydrogen) atoms. The molecule has 1 N–H and O–H groups in total. The Morgan fingerprint density at radius 2 is 1.77 bits per heavy atom. The summed E-state index contributed by atoms with van der Waals surface area (Å²) in [6.07, 6.45) is 3.77. The molecule has 7 nitrogen and oxygen atoms in total. The number of rotatable bonds is 5. The van der Waals surface area contributed by atoms with Gasteiger partial charge in [-0.1, -0.05) is 31.0 Å². The summed E-state index contributed by atoms with van der Waals surface area (Å²) in [6.45, 7) is 2.83. The summed E-state index contributed by atoms with van der Waals surface area (Å²) in [7, 11) is -2.19. The van der Waals surface area contributed by atoms with Gasteiger partial charge in [0.05, 0.1) is 17.7 Å². The second kappa shape index (κ2) is 8.72. The molecule has 0 radical (unpaired) electrons. The number of nitrogens with one attached hydrogen (secondary N) is 1. The highest BCUT2D eigenvalue weighted by Gasteiger charge is 2.27. The van der Waals surface area contributed by atoms with E-state index in [1.54, 1.807) is 12.1 Å².